The van der Waals surface area contributed by atoms with Gasteiger partial charge in [-0.05, 0) is 36.4 Å². The Morgan fingerprint density at radius 2 is 1.68 bits per heavy atom. The second-order valence-electron chi connectivity index (χ2n) is 5.20. The summed E-state index contributed by atoms with van der Waals surface area (Å²) in [7, 11) is -2.38. The first kappa shape index (κ1) is 17.1. The maximum absolute atomic E-state index is 12.9. The lowest BCUT2D eigenvalue weighted by atomic mass is 10.2. The molecule has 126 valence electrons. The van der Waals surface area contributed by atoms with Gasteiger partial charge in [0.05, 0.1) is 22.0 Å². The number of anilines is 1. The number of hydrogen-bond acceptors (Lipinski definition) is 6. The van der Waals surface area contributed by atoms with Crippen LogP contribution in [0.1, 0.15) is 10.9 Å². The summed E-state index contributed by atoms with van der Waals surface area (Å²) in [5, 5.41) is 11.3. The second kappa shape index (κ2) is 6.67. The zero-order chi connectivity index (χ0) is 18.0. The highest BCUT2D eigenvalue weighted by molar-refractivity contribution is 7.92. The van der Waals surface area contributed by atoms with Crippen LogP contribution in [0.3, 0.4) is 0 Å². The van der Waals surface area contributed by atoms with Crippen molar-refractivity contribution in [3.8, 4) is 6.07 Å². The largest absolute Gasteiger partial charge is 0.372 e. The van der Waals surface area contributed by atoms with Crippen LogP contribution in [0.4, 0.5) is 5.82 Å². The molecule has 0 aliphatic heterocycles. The minimum Gasteiger partial charge on any atom is -0.372 e. The summed E-state index contributed by atoms with van der Waals surface area (Å²) in [5.41, 5.74) is 1.19. The van der Waals surface area contributed by atoms with Crippen LogP contribution in [-0.2, 0) is 9.84 Å². The van der Waals surface area contributed by atoms with Crippen molar-refractivity contribution in [3.05, 3.63) is 59.2 Å². The van der Waals surface area contributed by atoms with Crippen molar-refractivity contribution < 1.29 is 8.42 Å². The molecule has 0 amide bonds. The van der Waals surface area contributed by atoms with Gasteiger partial charge in [0, 0.05) is 12.1 Å². The van der Waals surface area contributed by atoms with Crippen molar-refractivity contribution >= 4 is 38.3 Å². The number of para-hydroxylation sites is 2. The van der Waals surface area contributed by atoms with Crippen LogP contribution in [0.2, 0.25) is 5.02 Å². The van der Waals surface area contributed by atoms with Gasteiger partial charge in [0.25, 0.3) is 0 Å². The van der Waals surface area contributed by atoms with Crippen LogP contribution in [0.15, 0.2) is 53.4 Å². The third kappa shape index (κ3) is 3.14. The fourth-order valence-electron chi connectivity index (χ4n) is 2.42. The maximum Gasteiger partial charge on any atom is 0.200 e. The molecule has 0 radical (unpaired) electrons. The number of hydrogen-bond donors (Lipinski definition) is 1. The molecule has 0 fully saturated rings. The predicted octanol–water partition coefficient (Wildman–Crippen LogP) is 3.36. The van der Waals surface area contributed by atoms with E-state index in [-0.39, 0.29) is 16.4 Å². The van der Waals surface area contributed by atoms with Gasteiger partial charge in [-0.3, -0.25) is 0 Å². The Morgan fingerprint density at radius 1 is 1.08 bits per heavy atom. The van der Waals surface area contributed by atoms with Crippen LogP contribution in [-0.4, -0.2) is 25.4 Å². The topological polar surface area (TPSA) is 95.7 Å². The number of nitrogens with one attached hydrogen (secondary N) is 1. The summed E-state index contributed by atoms with van der Waals surface area (Å²) in [6.45, 7) is 0. The summed E-state index contributed by atoms with van der Waals surface area (Å²) in [5.74, 6) is 0.253. The maximum atomic E-state index is 12.9. The summed E-state index contributed by atoms with van der Waals surface area (Å²) >= 11 is 5.81. The lowest BCUT2D eigenvalue weighted by Gasteiger charge is -2.14. The molecule has 25 heavy (non-hydrogen) atoms. The molecule has 3 rings (SSSR count). The summed E-state index contributed by atoms with van der Waals surface area (Å²) in [6.07, 6.45) is 0. The highest BCUT2D eigenvalue weighted by Gasteiger charge is 2.33. The van der Waals surface area contributed by atoms with Gasteiger partial charge in [0.15, 0.2) is 11.1 Å². The van der Waals surface area contributed by atoms with Crippen LogP contribution >= 0.6 is 11.6 Å². The average Bonchev–Trinajstić information content (AvgIpc) is 2.62. The van der Waals surface area contributed by atoms with E-state index in [0.717, 1.165) is 0 Å². The van der Waals surface area contributed by atoms with Gasteiger partial charge in [0.1, 0.15) is 5.69 Å². The number of benzene rings is 2. The van der Waals surface area contributed by atoms with E-state index in [1.165, 1.54) is 24.3 Å². The molecule has 6 nitrogen and oxygen atoms in total. The monoisotopic (exact) mass is 372 g/mol. The molecule has 0 aliphatic rings. The SMILES string of the molecule is CNc1nc2ccccc2nc1C(C#N)S(=O)(=O)c1ccc(Cl)cc1. The van der Waals surface area contributed by atoms with E-state index < -0.39 is 15.1 Å². The van der Waals surface area contributed by atoms with Gasteiger partial charge >= 0.3 is 0 Å². The molecule has 1 unspecified atom stereocenters. The molecule has 0 spiro atoms. The molecule has 1 aromatic heterocycles. The first-order chi connectivity index (χ1) is 12.0. The first-order valence-electron chi connectivity index (χ1n) is 7.31. The minimum atomic E-state index is -3.98. The zero-order valence-corrected chi connectivity index (χ0v) is 14.7. The van der Waals surface area contributed by atoms with E-state index >= 15 is 0 Å². The van der Waals surface area contributed by atoms with E-state index in [9.17, 15) is 13.7 Å². The van der Waals surface area contributed by atoms with Crippen molar-refractivity contribution in [2.24, 2.45) is 0 Å². The standard InChI is InChI=1S/C17H13ClN4O2S/c1-20-17-16(21-13-4-2-3-5-14(13)22-17)15(10-19)25(23,24)12-8-6-11(18)7-9-12/h2-9,15H,1H3,(H,20,22). The molecule has 0 bridgehead atoms. The van der Waals surface area contributed by atoms with E-state index in [1.807, 2.05) is 12.1 Å². The Balaban J connectivity index is 2.20. The van der Waals surface area contributed by atoms with Crippen LogP contribution in [0.5, 0.6) is 0 Å². The Hall–Kier alpha value is -2.69. The summed E-state index contributed by atoms with van der Waals surface area (Å²) < 4.78 is 25.8. The number of fused-ring (bicyclic) bond motifs is 1. The highest BCUT2D eigenvalue weighted by atomic mass is 35.5. The third-order valence-corrected chi connectivity index (χ3v) is 5.78. The van der Waals surface area contributed by atoms with Crippen molar-refractivity contribution in [2.45, 2.75) is 10.1 Å². The molecule has 1 atom stereocenters. The number of nitrogens with zero attached hydrogens (tertiary/aromatic N) is 3. The number of sulfone groups is 1. The molecule has 0 saturated carbocycles. The lowest BCUT2D eigenvalue weighted by molar-refractivity contribution is 0.590. The molecular weight excluding hydrogens is 360 g/mol. The molecule has 8 heteroatoms. The van der Waals surface area contributed by atoms with E-state index in [2.05, 4.69) is 15.3 Å². The quantitative estimate of drug-likeness (QED) is 0.754. The van der Waals surface area contributed by atoms with Gasteiger partial charge in [-0.2, -0.15) is 5.26 Å². The third-order valence-electron chi connectivity index (χ3n) is 3.65. The van der Waals surface area contributed by atoms with Gasteiger partial charge in [-0.1, -0.05) is 23.7 Å². The number of aromatic nitrogens is 2. The predicted molar refractivity (Wildman–Crippen MR) is 96.1 cm³/mol. The van der Waals surface area contributed by atoms with Gasteiger partial charge in [0.2, 0.25) is 9.84 Å². The van der Waals surface area contributed by atoms with Crippen LogP contribution < -0.4 is 5.32 Å². The van der Waals surface area contributed by atoms with Crippen LogP contribution in [0.25, 0.3) is 11.0 Å². The lowest BCUT2D eigenvalue weighted by Crippen LogP contribution is -2.16. The Bertz CT molecular complexity index is 1080. The number of nitriles is 1. The average molecular weight is 373 g/mol. The Morgan fingerprint density at radius 3 is 2.24 bits per heavy atom. The molecule has 0 saturated heterocycles. The van der Waals surface area contributed by atoms with E-state index in [0.29, 0.717) is 16.1 Å². The van der Waals surface area contributed by atoms with Gasteiger partial charge in [-0.15, -0.1) is 0 Å². The van der Waals surface area contributed by atoms with Gasteiger partial charge in [-0.25, -0.2) is 18.4 Å². The molecule has 0 aliphatic carbocycles. The molecular formula is C17H13ClN4O2S. The van der Waals surface area contributed by atoms with E-state index in [4.69, 9.17) is 11.6 Å². The second-order valence-corrected chi connectivity index (χ2v) is 7.67. The molecule has 2 aromatic carbocycles. The Labute approximate surface area is 150 Å². The number of halogens is 1. The van der Waals surface area contributed by atoms with Crippen molar-refractivity contribution in [2.75, 3.05) is 12.4 Å². The van der Waals surface area contributed by atoms with Gasteiger partial charge < -0.3 is 5.32 Å². The van der Waals surface area contributed by atoms with Crippen molar-refractivity contribution in [1.29, 1.82) is 5.26 Å². The van der Waals surface area contributed by atoms with Crippen molar-refractivity contribution in [3.63, 3.8) is 0 Å². The normalized spacial score (nSPS) is 12.5. The molecule has 1 heterocycles. The minimum absolute atomic E-state index is 0.000427. The van der Waals surface area contributed by atoms with E-state index in [1.54, 1.807) is 25.2 Å². The van der Waals surface area contributed by atoms with Crippen molar-refractivity contribution in [1.82, 2.24) is 9.97 Å². The fourth-order valence-corrected chi connectivity index (χ4v) is 3.93. The highest BCUT2D eigenvalue weighted by Crippen LogP contribution is 2.32. The zero-order valence-electron chi connectivity index (χ0n) is 13.1. The summed E-state index contributed by atoms with van der Waals surface area (Å²) in [6, 6.07) is 14.6. The Kier molecular flexibility index (Phi) is 4.57. The first-order valence-corrected chi connectivity index (χ1v) is 9.23. The smallest absolute Gasteiger partial charge is 0.200 e. The molecule has 1 N–H and O–H groups in total. The molecule has 3 aromatic rings. The fraction of sp³-hybridized carbons (Fsp3) is 0.118. The summed E-state index contributed by atoms with van der Waals surface area (Å²) in [4.78, 5) is 8.75. The van der Waals surface area contributed by atoms with Crippen LogP contribution in [0, 0.1) is 11.3 Å². The number of rotatable bonds is 4.